The molecule has 1 aliphatic rings. The summed E-state index contributed by atoms with van der Waals surface area (Å²) >= 11 is 0. The van der Waals surface area contributed by atoms with Crippen molar-refractivity contribution in [2.24, 2.45) is 0 Å². The molecule has 0 aliphatic heterocycles. The third kappa shape index (κ3) is 2.60. The highest BCUT2D eigenvalue weighted by molar-refractivity contribution is 6.07. The second-order valence-corrected chi connectivity index (χ2v) is 8.61. The molecular formula is C30H26. The summed E-state index contributed by atoms with van der Waals surface area (Å²) in [6, 6.07) is 26.7. The minimum atomic E-state index is -0.00951. The number of allylic oxidation sites excluding steroid dienone is 1. The van der Waals surface area contributed by atoms with Crippen molar-refractivity contribution in [3.63, 3.8) is 0 Å². The molecule has 4 aromatic rings. The normalized spacial score (nSPS) is 14.1. The third-order valence-corrected chi connectivity index (χ3v) is 6.55. The monoisotopic (exact) mass is 386 g/mol. The molecule has 0 heterocycles. The molecule has 4 aromatic carbocycles. The van der Waals surface area contributed by atoms with Crippen LogP contribution in [0.5, 0.6) is 0 Å². The molecule has 0 bridgehead atoms. The van der Waals surface area contributed by atoms with Crippen LogP contribution in [0.15, 0.2) is 85.5 Å². The van der Waals surface area contributed by atoms with Gasteiger partial charge in [0.05, 0.1) is 0 Å². The van der Waals surface area contributed by atoms with Crippen LogP contribution in [0.2, 0.25) is 0 Å². The zero-order valence-corrected chi connectivity index (χ0v) is 17.9. The van der Waals surface area contributed by atoms with Crippen LogP contribution in [0.1, 0.15) is 43.0 Å². The summed E-state index contributed by atoms with van der Waals surface area (Å²) in [6.07, 6.45) is 6.32. The van der Waals surface area contributed by atoms with Gasteiger partial charge < -0.3 is 0 Å². The lowest BCUT2D eigenvalue weighted by molar-refractivity contribution is 0.661. The van der Waals surface area contributed by atoms with E-state index in [9.17, 15) is 0 Å². The van der Waals surface area contributed by atoms with Gasteiger partial charge in [0.1, 0.15) is 0 Å². The molecule has 5 rings (SSSR count). The van der Waals surface area contributed by atoms with Crippen LogP contribution in [0, 0.1) is 0 Å². The summed E-state index contributed by atoms with van der Waals surface area (Å²) in [7, 11) is 0. The highest BCUT2D eigenvalue weighted by Crippen LogP contribution is 2.51. The first-order valence-corrected chi connectivity index (χ1v) is 10.6. The van der Waals surface area contributed by atoms with Crippen LogP contribution in [0.4, 0.5) is 0 Å². The number of hydrogen-bond acceptors (Lipinski definition) is 0. The molecule has 0 fully saturated rings. The van der Waals surface area contributed by atoms with E-state index in [0.29, 0.717) is 0 Å². The molecule has 0 heteroatoms. The molecule has 0 radical (unpaired) electrons. The Kier molecular flexibility index (Phi) is 4.25. The second kappa shape index (κ2) is 6.85. The Balaban J connectivity index is 1.95. The molecule has 1 aliphatic carbocycles. The first kappa shape index (κ1) is 18.6. The number of hydrogen-bond donors (Lipinski definition) is 0. The fourth-order valence-electron chi connectivity index (χ4n) is 5.04. The Hall–Kier alpha value is -3.38. The molecule has 0 amide bonds. The molecule has 0 aromatic heterocycles. The van der Waals surface area contributed by atoms with Gasteiger partial charge in [-0.2, -0.15) is 0 Å². The lowest BCUT2D eigenvalue weighted by Gasteiger charge is -2.23. The van der Waals surface area contributed by atoms with Gasteiger partial charge in [0.15, 0.2) is 0 Å². The van der Waals surface area contributed by atoms with Crippen LogP contribution in [-0.2, 0) is 5.41 Å². The summed E-state index contributed by atoms with van der Waals surface area (Å²) in [4.78, 5) is 0. The van der Waals surface area contributed by atoms with Crippen molar-refractivity contribution in [1.29, 1.82) is 0 Å². The first-order chi connectivity index (χ1) is 14.6. The molecule has 0 saturated carbocycles. The van der Waals surface area contributed by atoms with E-state index in [4.69, 9.17) is 0 Å². The van der Waals surface area contributed by atoms with E-state index in [1.807, 2.05) is 6.08 Å². The SMILES string of the molecule is C=Cc1cc(-c2ccccc2)c2cc3c(cc2c1/C=C\C)C(C)(C)c1ccccc1-3. The Morgan fingerprint density at radius 2 is 1.47 bits per heavy atom. The van der Waals surface area contributed by atoms with Crippen LogP contribution >= 0.6 is 0 Å². The Bertz CT molecular complexity index is 1320. The Labute approximate surface area is 179 Å². The van der Waals surface area contributed by atoms with E-state index >= 15 is 0 Å². The lowest BCUT2D eigenvalue weighted by atomic mass is 9.80. The molecule has 0 saturated heterocycles. The maximum Gasteiger partial charge on any atom is 0.0159 e. The highest BCUT2D eigenvalue weighted by Gasteiger charge is 2.35. The van der Waals surface area contributed by atoms with Crippen LogP contribution in [-0.4, -0.2) is 0 Å². The van der Waals surface area contributed by atoms with E-state index in [1.165, 1.54) is 55.3 Å². The molecule has 0 nitrogen and oxygen atoms in total. The standard InChI is InChI=1S/C30H26/c1-5-12-22-20(6-2)17-24(21-13-8-7-9-14-21)25-18-27-23-15-10-11-16-28(23)30(3,4)29(27)19-26(22)25/h5-19H,2H2,1,3-4H3/b12-5-. The molecule has 0 atom stereocenters. The van der Waals surface area contributed by atoms with Gasteiger partial charge in [-0.15, -0.1) is 0 Å². The zero-order chi connectivity index (χ0) is 20.9. The number of rotatable bonds is 3. The minimum Gasteiger partial charge on any atom is -0.0984 e. The van der Waals surface area contributed by atoms with E-state index in [1.54, 1.807) is 0 Å². The Morgan fingerprint density at radius 3 is 2.20 bits per heavy atom. The summed E-state index contributed by atoms with van der Waals surface area (Å²) in [5, 5.41) is 2.59. The van der Waals surface area contributed by atoms with E-state index in [-0.39, 0.29) is 5.41 Å². The van der Waals surface area contributed by atoms with E-state index < -0.39 is 0 Å². The van der Waals surface area contributed by atoms with Crippen molar-refractivity contribution >= 4 is 22.9 Å². The van der Waals surface area contributed by atoms with Gasteiger partial charge in [0, 0.05) is 5.41 Å². The highest BCUT2D eigenvalue weighted by atomic mass is 14.4. The maximum absolute atomic E-state index is 4.12. The van der Waals surface area contributed by atoms with Gasteiger partial charge >= 0.3 is 0 Å². The summed E-state index contributed by atoms with van der Waals surface area (Å²) in [6.45, 7) is 10.9. The summed E-state index contributed by atoms with van der Waals surface area (Å²) in [5.41, 5.74) is 10.4. The molecule has 0 N–H and O–H groups in total. The van der Waals surface area contributed by atoms with Gasteiger partial charge in [-0.1, -0.05) is 93.3 Å². The number of fused-ring (bicyclic) bond motifs is 4. The van der Waals surface area contributed by atoms with Crippen molar-refractivity contribution in [1.82, 2.24) is 0 Å². The fourth-order valence-corrected chi connectivity index (χ4v) is 5.04. The maximum atomic E-state index is 4.12. The average Bonchev–Trinajstić information content (AvgIpc) is 3.00. The van der Waals surface area contributed by atoms with E-state index in [0.717, 1.165) is 0 Å². The number of benzene rings is 4. The van der Waals surface area contributed by atoms with E-state index in [2.05, 4.69) is 112 Å². The van der Waals surface area contributed by atoms with Crippen molar-refractivity contribution in [3.8, 4) is 22.3 Å². The molecule has 0 unspecified atom stereocenters. The minimum absolute atomic E-state index is 0.00951. The summed E-state index contributed by atoms with van der Waals surface area (Å²) in [5.74, 6) is 0. The predicted molar refractivity (Wildman–Crippen MR) is 132 cm³/mol. The molecular weight excluding hydrogens is 360 g/mol. The van der Waals surface area contributed by atoms with Crippen molar-refractivity contribution < 1.29 is 0 Å². The largest absolute Gasteiger partial charge is 0.0984 e. The molecule has 146 valence electrons. The van der Waals surface area contributed by atoms with Gasteiger partial charge in [-0.3, -0.25) is 0 Å². The summed E-state index contributed by atoms with van der Waals surface area (Å²) < 4.78 is 0. The van der Waals surface area contributed by atoms with Crippen LogP contribution < -0.4 is 0 Å². The fraction of sp³-hybridized carbons (Fsp3) is 0.133. The van der Waals surface area contributed by atoms with Crippen molar-refractivity contribution in [2.75, 3.05) is 0 Å². The van der Waals surface area contributed by atoms with Gasteiger partial charge in [0.25, 0.3) is 0 Å². The molecule has 0 spiro atoms. The smallest absolute Gasteiger partial charge is 0.0159 e. The van der Waals surface area contributed by atoms with Crippen molar-refractivity contribution in [2.45, 2.75) is 26.2 Å². The van der Waals surface area contributed by atoms with Gasteiger partial charge in [-0.05, 0) is 80.4 Å². The Morgan fingerprint density at radius 1 is 0.733 bits per heavy atom. The molecule has 30 heavy (non-hydrogen) atoms. The third-order valence-electron chi connectivity index (χ3n) is 6.55. The zero-order valence-electron chi connectivity index (χ0n) is 17.9. The average molecular weight is 387 g/mol. The quantitative estimate of drug-likeness (QED) is 0.331. The van der Waals surface area contributed by atoms with Gasteiger partial charge in [0.2, 0.25) is 0 Å². The van der Waals surface area contributed by atoms with Crippen LogP contribution in [0.25, 0.3) is 45.2 Å². The van der Waals surface area contributed by atoms with Gasteiger partial charge in [-0.25, -0.2) is 0 Å². The second-order valence-electron chi connectivity index (χ2n) is 8.61. The van der Waals surface area contributed by atoms with Crippen molar-refractivity contribution in [3.05, 3.63) is 108 Å². The first-order valence-electron chi connectivity index (χ1n) is 10.6. The lowest BCUT2D eigenvalue weighted by Crippen LogP contribution is -2.14. The predicted octanol–water partition coefficient (Wildman–Crippen LogP) is 8.49. The topological polar surface area (TPSA) is 0 Å². The van der Waals surface area contributed by atoms with Crippen LogP contribution in [0.3, 0.4) is 0 Å².